The largest absolute Gasteiger partial charge is 0.444 e. The van der Waals surface area contributed by atoms with Crippen LogP contribution in [0.4, 0.5) is 4.79 Å². The van der Waals surface area contributed by atoms with Gasteiger partial charge in [0.1, 0.15) is 11.6 Å². The zero-order chi connectivity index (χ0) is 20.0. The molecule has 0 saturated heterocycles. The fraction of sp³-hybridized carbons (Fsp3) is 0.455. The summed E-state index contributed by atoms with van der Waals surface area (Å²) in [6.45, 7) is 9.64. The Bertz CT molecular complexity index is 692. The Morgan fingerprint density at radius 1 is 1.11 bits per heavy atom. The zero-order valence-corrected chi connectivity index (χ0v) is 16.8. The number of alkyl carbamates (subject to hydrolysis) is 1. The van der Waals surface area contributed by atoms with Crippen LogP contribution in [0.25, 0.3) is 0 Å². The minimum absolute atomic E-state index is 0.107. The van der Waals surface area contributed by atoms with Crippen LogP contribution in [-0.4, -0.2) is 35.1 Å². The molecule has 27 heavy (non-hydrogen) atoms. The first-order valence-corrected chi connectivity index (χ1v) is 9.37. The maximum atomic E-state index is 13.2. The van der Waals surface area contributed by atoms with Gasteiger partial charge in [0, 0.05) is 12.5 Å². The van der Waals surface area contributed by atoms with Gasteiger partial charge in [0.25, 0.3) is 0 Å². The van der Waals surface area contributed by atoms with Crippen LogP contribution in [0.1, 0.15) is 46.2 Å². The predicted octanol–water partition coefficient (Wildman–Crippen LogP) is 4.23. The van der Waals surface area contributed by atoms with Crippen molar-refractivity contribution in [1.82, 2.24) is 10.2 Å². The van der Waals surface area contributed by atoms with Gasteiger partial charge in [-0.3, -0.25) is 4.79 Å². The number of nitrogens with one attached hydrogen (secondary N) is 1. The number of carbonyl (C=O) groups excluding carboxylic acids is 2. The van der Waals surface area contributed by atoms with Gasteiger partial charge in [-0.15, -0.1) is 0 Å². The van der Waals surface area contributed by atoms with Gasteiger partial charge >= 0.3 is 6.09 Å². The van der Waals surface area contributed by atoms with Gasteiger partial charge in [-0.05, 0) is 40.2 Å². The minimum Gasteiger partial charge on any atom is -0.444 e. The van der Waals surface area contributed by atoms with E-state index in [1.807, 2.05) is 54.3 Å². The van der Waals surface area contributed by atoms with E-state index in [2.05, 4.69) is 17.5 Å². The van der Waals surface area contributed by atoms with Crippen molar-refractivity contribution in [1.29, 1.82) is 0 Å². The van der Waals surface area contributed by atoms with E-state index in [1.54, 1.807) is 27.7 Å². The third-order valence-electron chi connectivity index (χ3n) is 4.37. The summed E-state index contributed by atoms with van der Waals surface area (Å²) >= 11 is 0. The maximum Gasteiger partial charge on any atom is 0.408 e. The smallest absolute Gasteiger partial charge is 0.408 e. The summed E-state index contributed by atoms with van der Waals surface area (Å²) in [6.07, 6.45) is 7.54. The fourth-order valence-electron chi connectivity index (χ4n) is 2.97. The zero-order valence-electron chi connectivity index (χ0n) is 16.8. The second-order valence-corrected chi connectivity index (χ2v) is 7.88. The quantitative estimate of drug-likeness (QED) is 0.815. The number of rotatable bonds is 6. The van der Waals surface area contributed by atoms with Crippen LogP contribution >= 0.6 is 0 Å². The first-order chi connectivity index (χ1) is 12.7. The molecule has 2 amide bonds. The predicted molar refractivity (Wildman–Crippen MR) is 107 cm³/mol. The van der Waals surface area contributed by atoms with Crippen LogP contribution < -0.4 is 5.32 Å². The molecule has 0 heterocycles. The van der Waals surface area contributed by atoms with E-state index in [0.717, 1.165) is 5.56 Å². The highest BCUT2D eigenvalue weighted by molar-refractivity contribution is 5.85. The Labute approximate surface area is 162 Å². The van der Waals surface area contributed by atoms with Crippen LogP contribution in [0.2, 0.25) is 0 Å². The molecular weight excluding hydrogens is 340 g/mol. The highest BCUT2D eigenvalue weighted by atomic mass is 16.6. The molecule has 1 aromatic carbocycles. The van der Waals surface area contributed by atoms with Gasteiger partial charge in [-0.25, -0.2) is 4.79 Å². The third kappa shape index (κ3) is 6.27. The van der Waals surface area contributed by atoms with Crippen LogP contribution in [0.5, 0.6) is 0 Å². The lowest BCUT2D eigenvalue weighted by Crippen LogP contribution is -2.49. The molecular formula is C22H30N2O3. The van der Waals surface area contributed by atoms with Crippen LogP contribution in [0.3, 0.4) is 0 Å². The molecule has 5 nitrogen and oxygen atoms in total. The summed E-state index contributed by atoms with van der Waals surface area (Å²) in [7, 11) is 0. The minimum atomic E-state index is -0.680. The molecule has 0 aliphatic heterocycles. The number of amides is 2. The van der Waals surface area contributed by atoms with Gasteiger partial charge in [-0.1, -0.05) is 54.6 Å². The second-order valence-electron chi connectivity index (χ2n) is 7.88. The molecule has 0 radical (unpaired) electrons. The standard InChI is InChI=1S/C22H30N2O3/c1-16(23-21(26)27-22(3,4)5)20(25)24(15-18-11-9-10-12-18)17(2)19-13-7-6-8-14-19/h6-14,16-18H,15H2,1-5H3,(H,23,26)/t16-,17?/m0/s1. The highest BCUT2D eigenvalue weighted by Gasteiger charge is 2.29. The molecule has 1 unspecified atom stereocenters. The monoisotopic (exact) mass is 370 g/mol. The molecule has 2 atom stereocenters. The van der Waals surface area contributed by atoms with E-state index in [1.165, 1.54) is 0 Å². The molecule has 0 bridgehead atoms. The summed E-state index contributed by atoms with van der Waals surface area (Å²) in [5.41, 5.74) is 0.449. The van der Waals surface area contributed by atoms with Crippen LogP contribution in [-0.2, 0) is 9.53 Å². The molecule has 0 saturated carbocycles. The number of benzene rings is 1. The first kappa shape index (κ1) is 20.7. The second kappa shape index (κ2) is 8.89. The molecule has 146 valence electrons. The van der Waals surface area contributed by atoms with Gasteiger partial charge in [0.15, 0.2) is 0 Å². The van der Waals surface area contributed by atoms with Gasteiger partial charge in [0.2, 0.25) is 5.91 Å². The number of ether oxygens (including phenoxy) is 1. The topological polar surface area (TPSA) is 58.6 Å². The molecule has 0 fully saturated rings. The lowest BCUT2D eigenvalue weighted by molar-refractivity contribution is -0.135. The Kier molecular flexibility index (Phi) is 6.83. The summed E-state index contributed by atoms with van der Waals surface area (Å²) in [6, 6.07) is 9.12. The molecule has 1 N–H and O–H groups in total. The molecule has 1 aromatic rings. The Hall–Kier alpha value is -2.56. The number of carbonyl (C=O) groups is 2. The average molecular weight is 370 g/mol. The lowest BCUT2D eigenvalue weighted by atomic mass is 10.0. The van der Waals surface area contributed by atoms with Crippen molar-refractivity contribution in [3.05, 3.63) is 60.2 Å². The Morgan fingerprint density at radius 3 is 2.26 bits per heavy atom. The number of nitrogens with zero attached hydrogens (tertiary/aromatic N) is 1. The van der Waals surface area contributed by atoms with Crippen molar-refractivity contribution in [3.63, 3.8) is 0 Å². The van der Waals surface area contributed by atoms with Crippen molar-refractivity contribution in [2.75, 3.05) is 6.54 Å². The van der Waals surface area contributed by atoms with E-state index in [9.17, 15) is 9.59 Å². The summed E-state index contributed by atoms with van der Waals surface area (Å²) < 4.78 is 5.27. The molecule has 1 aliphatic rings. The third-order valence-corrected chi connectivity index (χ3v) is 4.37. The molecule has 0 aromatic heterocycles. The van der Waals surface area contributed by atoms with E-state index in [4.69, 9.17) is 4.74 Å². The average Bonchev–Trinajstić information content (AvgIpc) is 3.10. The number of hydrogen-bond donors (Lipinski definition) is 1. The van der Waals surface area contributed by atoms with Crippen LogP contribution in [0.15, 0.2) is 54.6 Å². The van der Waals surface area contributed by atoms with Crippen LogP contribution in [0, 0.1) is 5.92 Å². The molecule has 0 spiro atoms. The summed E-state index contributed by atoms with van der Waals surface area (Å²) in [5.74, 6) is 0.0414. The summed E-state index contributed by atoms with van der Waals surface area (Å²) in [4.78, 5) is 27.0. The van der Waals surface area contributed by atoms with Crippen molar-refractivity contribution in [3.8, 4) is 0 Å². The fourth-order valence-corrected chi connectivity index (χ4v) is 2.97. The SMILES string of the molecule is CC(c1ccccc1)N(CC1C=CC=C1)C(=O)[C@H](C)NC(=O)OC(C)(C)C. The first-order valence-electron chi connectivity index (χ1n) is 9.37. The van der Waals surface area contributed by atoms with E-state index in [0.29, 0.717) is 6.54 Å². The number of allylic oxidation sites excluding steroid dienone is 2. The summed E-state index contributed by atoms with van der Waals surface area (Å²) in [5, 5.41) is 2.66. The van der Waals surface area contributed by atoms with Gasteiger partial charge < -0.3 is 15.0 Å². The maximum absolute atomic E-state index is 13.2. The Morgan fingerprint density at radius 2 is 1.70 bits per heavy atom. The van der Waals surface area contributed by atoms with Crippen molar-refractivity contribution in [2.45, 2.75) is 52.3 Å². The molecule has 2 rings (SSSR count). The number of hydrogen-bond acceptors (Lipinski definition) is 3. The molecule has 1 aliphatic carbocycles. The van der Waals surface area contributed by atoms with E-state index >= 15 is 0 Å². The highest BCUT2D eigenvalue weighted by Crippen LogP contribution is 2.24. The van der Waals surface area contributed by atoms with E-state index < -0.39 is 17.7 Å². The van der Waals surface area contributed by atoms with E-state index in [-0.39, 0.29) is 17.9 Å². The Balaban J connectivity index is 2.13. The lowest BCUT2D eigenvalue weighted by Gasteiger charge is -2.33. The normalized spacial score (nSPS) is 16.0. The van der Waals surface area contributed by atoms with Gasteiger partial charge in [-0.2, -0.15) is 0 Å². The van der Waals surface area contributed by atoms with Gasteiger partial charge in [0.05, 0.1) is 6.04 Å². The van der Waals surface area contributed by atoms with Crippen molar-refractivity contribution in [2.24, 2.45) is 5.92 Å². The molecule has 5 heteroatoms. The van der Waals surface area contributed by atoms with Crippen molar-refractivity contribution >= 4 is 12.0 Å². The van der Waals surface area contributed by atoms with Crippen molar-refractivity contribution < 1.29 is 14.3 Å².